The molecule has 1 aromatic carbocycles. The number of halogens is 1. The molecule has 4 nitrogen and oxygen atoms in total. The van der Waals surface area contributed by atoms with E-state index in [4.69, 9.17) is 0 Å². The van der Waals surface area contributed by atoms with Crippen LogP contribution in [0.5, 0.6) is 0 Å². The van der Waals surface area contributed by atoms with Gasteiger partial charge in [-0.05, 0) is 18.2 Å². The summed E-state index contributed by atoms with van der Waals surface area (Å²) in [5.74, 6) is -0.281. The van der Waals surface area contributed by atoms with Crippen molar-refractivity contribution < 1.29 is 9.18 Å². The molecule has 0 saturated carbocycles. The van der Waals surface area contributed by atoms with Crippen LogP contribution in [-0.2, 0) is 0 Å². The van der Waals surface area contributed by atoms with Crippen molar-refractivity contribution in [3.8, 4) is 0 Å². The molecular formula is C12H14FN3O. The van der Waals surface area contributed by atoms with E-state index in [1.807, 2.05) is 25.2 Å². The first-order valence-corrected chi connectivity index (χ1v) is 5.30. The molecule has 0 saturated heterocycles. The first-order valence-electron chi connectivity index (χ1n) is 5.30. The number of nitrogens with one attached hydrogen (secondary N) is 1. The van der Waals surface area contributed by atoms with E-state index >= 15 is 0 Å². The summed E-state index contributed by atoms with van der Waals surface area (Å²) in [5, 5.41) is 6.41. The SMILES string of the molecule is CN1CC=C(NC(=O)c2ccccc2F)N1C. The van der Waals surface area contributed by atoms with Crippen LogP contribution in [0.15, 0.2) is 36.2 Å². The summed E-state index contributed by atoms with van der Waals surface area (Å²) in [5.41, 5.74) is 0.0522. The minimum atomic E-state index is -0.514. The quantitative estimate of drug-likeness (QED) is 0.836. The summed E-state index contributed by atoms with van der Waals surface area (Å²) in [6.45, 7) is 0.726. The minimum Gasteiger partial charge on any atom is -0.307 e. The summed E-state index contributed by atoms with van der Waals surface area (Å²) in [4.78, 5) is 11.8. The maximum absolute atomic E-state index is 13.4. The van der Waals surface area contributed by atoms with Crippen molar-refractivity contribution in [3.05, 3.63) is 47.5 Å². The van der Waals surface area contributed by atoms with Crippen molar-refractivity contribution in [1.29, 1.82) is 0 Å². The van der Waals surface area contributed by atoms with Gasteiger partial charge in [0.15, 0.2) is 0 Å². The lowest BCUT2D eigenvalue weighted by molar-refractivity contribution is 0.0809. The van der Waals surface area contributed by atoms with Crippen LogP contribution in [-0.4, -0.2) is 36.6 Å². The number of rotatable bonds is 2. The molecule has 1 heterocycles. The van der Waals surface area contributed by atoms with Gasteiger partial charge in [0.2, 0.25) is 0 Å². The molecule has 0 atom stereocenters. The van der Waals surface area contributed by atoms with Gasteiger partial charge in [0, 0.05) is 20.6 Å². The van der Waals surface area contributed by atoms with Gasteiger partial charge in [0.25, 0.3) is 5.91 Å². The van der Waals surface area contributed by atoms with E-state index in [-0.39, 0.29) is 5.56 Å². The van der Waals surface area contributed by atoms with E-state index < -0.39 is 11.7 Å². The van der Waals surface area contributed by atoms with Crippen LogP contribution in [0.4, 0.5) is 4.39 Å². The first kappa shape index (κ1) is 11.6. The summed E-state index contributed by atoms with van der Waals surface area (Å²) in [6, 6.07) is 5.93. The normalized spacial score (nSPS) is 15.9. The highest BCUT2D eigenvalue weighted by Gasteiger charge is 2.19. The van der Waals surface area contributed by atoms with Crippen molar-refractivity contribution in [2.75, 3.05) is 20.6 Å². The molecule has 0 fully saturated rings. The second-order valence-electron chi connectivity index (χ2n) is 3.89. The molecule has 1 aliphatic heterocycles. The Kier molecular flexibility index (Phi) is 3.10. The average molecular weight is 235 g/mol. The van der Waals surface area contributed by atoms with Gasteiger partial charge in [-0.15, -0.1) is 0 Å². The topological polar surface area (TPSA) is 35.6 Å². The Labute approximate surface area is 99.3 Å². The highest BCUT2D eigenvalue weighted by molar-refractivity contribution is 5.95. The zero-order valence-electron chi connectivity index (χ0n) is 9.77. The fourth-order valence-electron chi connectivity index (χ4n) is 1.62. The van der Waals surface area contributed by atoms with E-state index in [9.17, 15) is 9.18 Å². The zero-order valence-corrected chi connectivity index (χ0v) is 9.77. The lowest BCUT2D eigenvalue weighted by Crippen LogP contribution is -2.37. The second kappa shape index (κ2) is 4.55. The molecule has 0 spiro atoms. The summed E-state index contributed by atoms with van der Waals surface area (Å²) < 4.78 is 13.4. The monoisotopic (exact) mass is 235 g/mol. The third-order valence-electron chi connectivity index (χ3n) is 2.77. The van der Waals surface area contributed by atoms with Gasteiger partial charge in [-0.25, -0.2) is 9.40 Å². The van der Waals surface area contributed by atoms with Gasteiger partial charge in [-0.1, -0.05) is 12.1 Å². The highest BCUT2D eigenvalue weighted by atomic mass is 19.1. The predicted octanol–water partition coefficient (Wildman–Crippen LogP) is 1.19. The molecule has 2 rings (SSSR count). The third kappa shape index (κ3) is 2.29. The van der Waals surface area contributed by atoms with Gasteiger partial charge in [-0.3, -0.25) is 9.80 Å². The zero-order chi connectivity index (χ0) is 12.4. The molecule has 1 N–H and O–H groups in total. The number of hydrazine groups is 1. The van der Waals surface area contributed by atoms with Crippen molar-refractivity contribution in [2.24, 2.45) is 0 Å². The van der Waals surface area contributed by atoms with Crippen LogP contribution in [0.3, 0.4) is 0 Å². The summed E-state index contributed by atoms with van der Waals surface area (Å²) >= 11 is 0. The second-order valence-corrected chi connectivity index (χ2v) is 3.89. The fraction of sp³-hybridized carbons (Fsp3) is 0.250. The van der Waals surface area contributed by atoms with E-state index in [0.29, 0.717) is 5.82 Å². The molecule has 0 radical (unpaired) electrons. The average Bonchev–Trinajstić information content (AvgIpc) is 2.61. The van der Waals surface area contributed by atoms with Crippen LogP contribution in [0.25, 0.3) is 0 Å². The Balaban J connectivity index is 2.11. The number of carbonyl (C=O) groups is 1. The lowest BCUT2D eigenvalue weighted by Gasteiger charge is -2.24. The molecule has 1 aliphatic rings. The predicted molar refractivity (Wildman–Crippen MR) is 62.3 cm³/mol. The van der Waals surface area contributed by atoms with Crippen molar-refractivity contribution in [1.82, 2.24) is 15.3 Å². The van der Waals surface area contributed by atoms with Crippen LogP contribution in [0.1, 0.15) is 10.4 Å². The fourth-order valence-corrected chi connectivity index (χ4v) is 1.62. The Bertz CT molecular complexity index is 473. The Morgan fingerprint density at radius 1 is 1.35 bits per heavy atom. The molecule has 1 aromatic rings. The summed E-state index contributed by atoms with van der Waals surface area (Å²) in [6.07, 6.45) is 1.87. The minimum absolute atomic E-state index is 0.0522. The molecule has 90 valence electrons. The molecular weight excluding hydrogens is 221 g/mol. The number of likely N-dealkylation sites (N-methyl/N-ethyl adjacent to an activating group) is 1. The van der Waals surface area contributed by atoms with Crippen LogP contribution in [0, 0.1) is 5.82 Å². The van der Waals surface area contributed by atoms with Gasteiger partial charge < -0.3 is 5.32 Å². The number of hydrogen-bond acceptors (Lipinski definition) is 3. The molecule has 5 heteroatoms. The maximum Gasteiger partial charge on any atom is 0.259 e. The third-order valence-corrected chi connectivity index (χ3v) is 2.77. The molecule has 0 unspecified atom stereocenters. The number of nitrogens with zero attached hydrogens (tertiary/aromatic N) is 2. The standard InChI is InChI=1S/C12H14FN3O/c1-15-8-7-11(16(15)2)14-12(17)9-5-3-4-6-10(9)13/h3-7H,8H2,1-2H3,(H,14,17). The summed E-state index contributed by atoms with van der Waals surface area (Å²) in [7, 11) is 3.74. The molecule has 0 aliphatic carbocycles. The number of benzene rings is 1. The Morgan fingerprint density at radius 2 is 2.06 bits per heavy atom. The number of hydrogen-bond donors (Lipinski definition) is 1. The Hall–Kier alpha value is -1.88. The number of amides is 1. The Morgan fingerprint density at radius 3 is 2.65 bits per heavy atom. The van der Waals surface area contributed by atoms with Gasteiger partial charge in [-0.2, -0.15) is 0 Å². The molecule has 0 bridgehead atoms. The maximum atomic E-state index is 13.4. The van der Waals surface area contributed by atoms with Gasteiger partial charge >= 0.3 is 0 Å². The van der Waals surface area contributed by atoms with Crippen LogP contribution >= 0.6 is 0 Å². The van der Waals surface area contributed by atoms with Crippen LogP contribution in [0.2, 0.25) is 0 Å². The molecule has 0 aromatic heterocycles. The molecule has 1 amide bonds. The largest absolute Gasteiger partial charge is 0.307 e. The van der Waals surface area contributed by atoms with E-state index in [1.54, 1.807) is 17.1 Å². The highest BCUT2D eigenvalue weighted by Crippen LogP contribution is 2.12. The van der Waals surface area contributed by atoms with Crippen molar-refractivity contribution in [2.45, 2.75) is 0 Å². The van der Waals surface area contributed by atoms with E-state index in [2.05, 4.69) is 5.32 Å². The molecule has 17 heavy (non-hydrogen) atoms. The van der Waals surface area contributed by atoms with E-state index in [0.717, 1.165) is 6.54 Å². The van der Waals surface area contributed by atoms with Crippen molar-refractivity contribution >= 4 is 5.91 Å². The lowest BCUT2D eigenvalue weighted by atomic mass is 10.2. The van der Waals surface area contributed by atoms with Gasteiger partial charge in [0.05, 0.1) is 5.56 Å². The smallest absolute Gasteiger partial charge is 0.259 e. The first-order chi connectivity index (χ1) is 8.09. The number of carbonyl (C=O) groups excluding carboxylic acids is 1. The van der Waals surface area contributed by atoms with Gasteiger partial charge in [0.1, 0.15) is 11.6 Å². The van der Waals surface area contributed by atoms with Crippen LogP contribution < -0.4 is 5.32 Å². The van der Waals surface area contributed by atoms with Crippen molar-refractivity contribution in [3.63, 3.8) is 0 Å². The van der Waals surface area contributed by atoms with E-state index in [1.165, 1.54) is 12.1 Å².